The fraction of sp³-hybridized carbons (Fsp3) is 0.350. The molecule has 0 saturated carbocycles. The molecular weight excluding hydrogens is 348 g/mol. The van der Waals surface area contributed by atoms with Gasteiger partial charge in [-0.25, -0.2) is 8.42 Å². The summed E-state index contributed by atoms with van der Waals surface area (Å²) in [5.74, 6) is -0.190. The molecule has 2 aromatic carbocycles. The van der Waals surface area contributed by atoms with Crippen LogP contribution in [0.3, 0.4) is 0 Å². The molecule has 0 unspecified atom stereocenters. The van der Waals surface area contributed by atoms with E-state index in [4.69, 9.17) is 0 Å². The second kappa shape index (κ2) is 8.36. The van der Waals surface area contributed by atoms with Crippen molar-refractivity contribution in [1.29, 1.82) is 0 Å². The highest BCUT2D eigenvalue weighted by Crippen LogP contribution is 2.22. The third kappa shape index (κ3) is 4.64. The second-order valence-corrected chi connectivity index (χ2v) is 8.05. The van der Waals surface area contributed by atoms with Crippen LogP contribution in [-0.2, 0) is 10.0 Å². The summed E-state index contributed by atoms with van der Waals surface area (Å²) in [7, 11) is -3.71. The van der Waals surface area contributed by atoms with Crippen molar-refractivity contribution >= 4 is 21.6 Å². The minimum Gasteiger partial charge on any atom is -0.349 e. The number of carbonyl (C=O) groups excluding carboxylic acids is 1. The van der Waals surface area contributed by atoms with Crippen LogP contribution in [0, 0.1) is 13.8 Å². The molecular formula is C20H26N2O3S. The Bertz CT molecular complexity index is 870. The fourth-order valence-corrected chi connectivity index (χ4v) is 3.74. The van der Waals surface area contributed by atoms with Crippen LogP contribution in [0.2, 0.25) is 0 Å². The number of nitrogens with one attached hydrogen (secondary N) is 2. The molecule has 0 aliphatic heterocycles. The third-order valence-electron chi connectivity index (χ3n) is 4.60. The quantitative estimate of drug-likeness (QED) is 0.768. The molecule has 1 amide bonds. The summed E-state index contributed by atoms with van der Waals surface area (Å²) < 4.78 is 27.8. The smallest absolute Gasteiger partial charge is 0.261 e. The molecule has 2 rings (SSSR count). The molecule has 5 nitrogen and oxygen atoms in total. The number of benzene rings is 2. The molecule has 0 bridgehead atoms. The van der Waals surface area contributed by atoms with Gasteiger partial charge in [-0.1, -0.05) is 26.0 Å². The normalized spacial score (nSPS) is 11.4. The van der Waals surface area contributed by atoms with Gasteiger partial charge in [-0.15, -0.1) is 0 Å². The summed E-state index contributed by atoms with van der Waals surface area (Å²) in [5.41, 5.74) is 2.90. The van der Waals surface area contributed by atoms with Crippen molar-refractivity contribution in [3.8, 4) is 0 Å². The van der Waals surface area contributed by atoms with E-state index in [0.29, 0.717) is 11.3 Å². The summed E-state index contributed by atoms with van der Waals surface area (Å²) in [4.78, 5) is 12.4. The van der Waals surface area contributed by atoms with Crippen LogP contribution in [0.25, 0.3) is 0 Å². The Morgan fingerprint density at radius 3 is 2.19 bits per heavy atom. The average molecular weight is 375 g/mol. The summed E-state index contributed by atoms with van der Waals surface area (Å²) in [5, 5.41) is 2.94. The number of carbonyl (C=O) groups is 1. The minimum atomic E-state index is -3.71. The fourth-order valence-electron chi connectivity index (χ4n) is 2.61. The van der Waals surface area contributed by atoms with E-state index in [1.54, 1.807) is 6.07 Å². The highest BCUT2D eigenvalue weighted by molar-refractivity contribution is 7.92. The Balaban J connectivity index is 2.18. The zero-order valence-electron chi connectivity index (χ0n) is 15.7. The Hall–Kier alpha value is -2.34. The van der Waals surface area contributed by atoms with Gasteiger partial charge in [0, 0.05) is 11.6 Å². The molecule has 0 radical (unpaired) electrons. The standard InChI is InChI=1S/C20H26N2O3S/c1-5-17(6-2)21-20(23)16-10-12-18(13-11-16)26(24,25)22-19-9-7-8-14(3)15(19)4/h7-13,17,22H,5-6H2,1-4H3,(H,21,23). The van der Waals surface area contributed by atoms with Crippen LogP contribution in [0.5, 0.6) is 0 Å². The van der Waals surface area contributed by atoms with E-state index < -0.39 is 10.0 Å². The first kappa shape index (κ1) is 20.0. The van der Waals surface area contributed by atoms with Crippen LogP contribution in [0.4, 0.5) is 5.69 Å². The lowest BCUT2D eigenvalue weighted by Gasteiger charge is -2.15. The average Bonchev–Trinajstić information content (AvgIpc) is 2.63. The second-order valence-electron chi connectivity index (χ2n) is 6.36. The number of sulfonamides is 1. The van der Waals surface area contributed by atoms with E-state index in [1.807, 2.05) is 39.8 Å². The van der Waals surface area contributed by atoms with Crippen molar-refractivity contribution in [2.45, 2.75) is 51.5 Å². The molecule has 0 atom stereocenters. The van der Waals surface area contributed by atoms with Crippen LogP contribution >= 0.6 is 0 Å². The molecule has 6 heteroatoms. The van der Waals surface area contributed by atoms with Crippen LogP contribution in [-0.4, -0.2) is 20.4 Å². The molecule has 0 aromatic heterocycles. The predicted molar refractivity (Wildman–Crippen MR) is 105 cm³/mol. The van der Waals surface area contributed by atoms with Gasteiger partial charge in [0.25, 0.3) is 15.9 Å². The number of rotatable bonds is 7. The zero-order chi connectivity index (χ0) is 19.3. The maximum absolute atomic E-state index is 12.6. The lowest BCUT2D eigenvalue weighted by atomic mass is 10.1. The first-order chi connectivity index (χ1) is 12.3. The lowest BCUT2D eigenvalue weighted by molar-refractivity contribution is 0.0934. The van der Waals surface area contributed by atoms with Crippen molar-refractivity contribution < 1.29 is 13.2 Å². The van der Waals surface area contributed by atoms with Gasteiger partial charge in [0.15, 0.2) is 0 Å². The Morgan fingerprint density at radius 2 is 1.62 bits per heavy atom. The Morgan fingerprint density at radius 1 is 1.00 bits per heavy atom. The molecule has 0 spiro atoms. The molecule has 26 heavy (non-hydrogen) atoms. The molecule has 0 aliphatic carbocycles. The van der Waals surface area contributed by atoms with Crippen molar-refractivity contribution in [2.24, 2.45) is 0 Å². The van der Waals surface area contributed by atoms with Gasteiger partial charge >= 0.3 is 0 Å². The van der Waals surface area contributed by atoms with Crippen molar-refractivity contribution in [1.82, 2.24) is 5.32 Å². The first-order valence-corrected chi connectivity index (χ1v) is 10.3. The summed E-state index contributed by atoms with van der Waals surface area (Å²) in [6.45, 7) is 7.84. The first-order valence-electron chi connectivity index (χ1n) is 8.78. The maximum Gasteiger partial charge on any atom is 0.261 e. The summed E-state index contributed by atoms with van der Waals surface area (Å²) in [6, 6.07) is 11.6. The van der Waals surface area contributed by atoms with E-state index in [1.165, 1.54) is 24.3 Å². The summed E-state index contributed by atoms with van der Waals surface area (Å²) >= 11 is 0. The van der Waals surface area contributed by atoms with E-state index in [-0.39, 0.29) is 16.8 Å². The molecule has 0 aliphatic rings. The molecule has 0 heterocycles. The highest BCUT2D eigenvalue weighted by atomic mass is 32.2. The number of aryl methyl sites for hydroxylation is 1. The maximum atomic E-state index is 12.6. The van der Waals surface area contributed by atoms with Gasteiger partial charge in [-0.3, -0.25) is 9.52 Å². The van der Waals surface area contributed by atoms with Crippen LogP contribution in [0.15, 0.2) is 47.4 Å². The number of anilines is 1. The Labute approximate surface area is 155 Å². The highest BCUT2D eigenvalue weighted by Gasteiger charge is 2.17. The van der Waals surface area contributed by atoms with E-state index in [0.717, 1.165) is 24.0 Å². The zero-order valence-corrected chi connectivity index (χ0v) is 16.5. The van der Waals surface area contributed by atoms with Crippen molar-refractivity contribution in [3.05, 3.63) is 59.2 Å². The van der Waals surface area contributed by atoms with Crippen LogP contribution < -0.4 is 10.0 Å². The van der Waals surface area contributed by atoms with Crippen molar-refractivity contribution in [2.75, 3.05) is 4.72 Å². The summed E-state index contributed by atoms with van der Waals surface area (Å²) in [6.07, 6.45) is 1.71. The van der Waals surface area contributed by atoms with Gasteiger partial charge in [0.2, 0.25) is 0 Å². The minimum absolute atomic E-state index is 0.122. The molecule has 0 fully saturated rings. The molecule has 140 valence electrons. The number of hydrogen-bond donors (Lipinski definition) is 2. The van der Waals surface area contributed by atoms with Gasteiger partial charge in [0.1, 0.15) is 0 Å². The molecule has 2 aromatic rings. The SMILES string of the molecule is CCC(CC)NC(=O)c1ccc(S(=O)(=O)Nc2cccc(C)c2C)cc1. The van der Waals surface area contributed by atoms with Gasteiger partial charge in [0.05, 0.1) is 10.6 Å². The lowest BCUT2D eigenvalue weighted by Crippen LogP contribution is -2.33. The Kier molecular flexibility index (Phi) is 6.42. The third-order valence-corrected chi connectivity index (χ3v) is 5.98. The molecule has 0 saturated heterocycles. The molecule has 2 N–H and O–H groups in total. The van der Waals surface area contributed by atoms with Gasteiger partial charge < -0.3 is 5.32 Å². The van der Waals surface area contributed by atoms with E-state index >= 15 is 0 Å². The van der Waals surface area contributed by atoms with Crippen LogP contribution in [0.1, 0.15) is 48.2 Å². The predicted octanol–water partition coefficient (Wildman–Crippen LogP) is 4.02. The van der Waals surface area contributed by atoms with E-state index in [2.05, 4.69) is 10.0 Å². The monoisotopic (exact) mass is 374 g/mol. The number of hydrogen-bond acceptors (Lipinski definition) is 3. The van der Waals surface area contributed by atoms with Gasteiger partial charge in [-0.05, 0) is 68.1 Å². The number of amides is 1. The van der Waals surface area contributed by atoms with Crippen molar-refractivity contribution in [3.63, 3.8) is 0 Å². The largest absolute Gasteiger partial charge is 0.349 e. The topological polar surface area (TPSA) is 75.3 Å². The van der Waals surface area contributed by atoms with Gasteiger partial charge in [-0.2, -0.15) is 0 Å². The van der Waals surface area contributed by atoms with E-state index in [9.17, 15) is 13.2 Å².